The molecule has 26 heavy (non-hydrogen) atoms. The molecule has 0 radical (unpaired) electrons. The van der Waals surface area contributed by atoms with E-state index in [4.69, 9.17) is 23.2 Å². The topological polar surface area (TPSA) is 50.5 Å². The van der Waals surface area contributed by atoms with Gasteiger partial charge in [-0.15, -0.1) is 0 Å². The minimum Gasteiger partial charge on any atom is -0.330 e. The largest absolute Gasteiger partial charge is 0.330 e. The van der Waals surface area contributed by atoms with E-state index in [0.29, 0.717) is 22.3 Å². The summed E-state index contributed by atoms with van der Waals surface area (Å²) >= 11 is 12.1. The fourth-order valence-electron chi connectivity index (χ4n) is 3.50. The van der Waals surface area contributed by atoms with E-state index in [1.807, 2.05) is 30.2 Å². The summed E-state index contributed by atoms with van der Waals surface area (Å²) in [4.78, 5) is 19.8. The van der Waals surface area contributed by atoms with Crippen molar-refractivity contribution in [2.45, 2.75) is 32.2 Å². The molecular formula is C19H18Cl2N4O. The first-order chi connectivity index (χ1) is 12.5. The van der Waals surface area contributed by atoms with Crippen molar-refractivity contribution < 1.29 is 4.79 Å². The van der Waals surface area contributed by atoms with Gasteiger partial charge in [-0.25, -0.2) is 9.50 Å². The molecule has 1 aliphatic rings. The quantitative estimate of drug-likeness (QED) is 0.638. The Balaban J connectivity index is 1.71. The molecule has 1 saturated heterocycles. The Morgan fingerprint density at radius 1 is 1.19 bits per heavy atom. The first-order valence-corrected chi connectivity index (χ1v) is 9.37. The third-order valence-electron chi connectivity index (χ3n) is 4.84. The summed E-state index contributed by atoms with van der Waals surface area (Å²) < 4.78 is 1.67. The van der Waals surface area contributed by atoms with Crippen LogP contribution in [0.15, 0.2) is 36.5 Å². The first kappa shape index (κ1) is 17.3. The highest BCUT2D eigenvalue weighted by Crippen LogP contribution is 2.32. The second-order valence-electron chi connectivity index (χ2n) is 6.59. The van der Waals surface area contributed by atoms with Crippen LogP contribution in [0.2, 0.25) is 10.2 Å². The number of carbonyl (C=O) groups excluding carboxylic acids is 1. The van der Waals surface area contributed by atoms with Crippen molar-refractivity contribution in [1.82, 2.24) is 19.5 Å². The summed E-state index contributed by atoms with van der Waals surface area (Å²) in [6, 6.07) is 8.90. The molecule has 2 aromatic heterocycles. The number of fused-ring (bicyclic) bond motifs is 1. The molecule has 1 unspecified atom stereocenters. The zero-order valence-corrected chi connectivity index (χ0v) is 15.8. The van der Waals surface area contributed by atoms with Crippen LogP contribution >= 0.6 is 23.2 Å². The van der Waals surface area contributed by atoms with Gasteiger partial charge in [0.1, 0.15) is 5.15 Å². The normalized spacial score (nSPS) is 17.7. The molecule has 7 heteroatoms. The Morgan fingerprint density at radius 2 is 2.04 bits per heavy atom. The molecular weight excluding hydrogens is 371 g/mol. The Morgan fingerprint density at radius 3 is 2.88 bits per heavy atom. The standard InChI is InChI=1S/C19H18Cl2N4O/c1-12-5-6-13(20)10-14(12)19(26)24-9-3-2-4-16(24)15-11-25-18(22-15)8-7-17(21)23-25/h5-8,10-11,16H,2-4,9H2,1H3. The number of piperidine rings is 1. The minimum atomic E-state index is -0.0740. The third kappa shape index (κ3) is 3.17. The maximum absolute atomic E-state index is 13.2. The van der Waals surface area contributed by atoms with Gasteiger partial charge in [-0.3, -0.25) is 4.79 Å². The van der Waals surface area contributed by atoms with Crippen LogP contribution in [0.25, 0.3) is 5.65 Å². The molecule has 0 spiro atoms. The second-order valence-corrected chi connectivity index (χ2v) is 7.42. The predicted octanol–water partition coefficient (Wildman–Crippen LogP) is 4.71. The van der Waals surface area contributed by atoms with E-state index < -0.39 is 0 Å². The Kier molecular flexibility index (Phi) is 4.59. The third-order valence-corrected chi connectivity index (χ3v) is 5.28. The highest BCUT2D eigenvalue weighted by Gasteiger charge is 2.31. The number of nitrogens with zero attached hydrogens (tertiary/aromatic N) is 4. The van der Waals surface area contributed by atoms with Gasteiger partial charge in [0.05, 0.1) is 17.9 Å². The van der Waals surface area contributed by atoms with Gasteiger partial charge in [-0.2, -0.15) is 5.10 Å². The van der Waals surface area contributed by atoms with Gasteiger partial charge in [0.25, 0.3) is 5.91 Å². The number of carbonyl (C=O) groups is 1. The fraction of sp³-hybridized carbons (Fsp3) is 0.316. The molecule has 0 aliphatic carbocycles. The molecule has 0 saturated carbocycles. The van der Waals surface area contributed by atoms with Crippen LogP contribution in [0.3, 0.4) is 0 Å². The Labute approximate surface area is 161 Å². The van der Waals surface area contributed by atoms with E-state index in [1.54, 1.807) is 22.7 Å². The van der Waals surface area contributed by atoms with E-state index in [9.17, 15) is 4.79 Å². The number of aryl methyl sites for hydroxylation is 1. The summed E-state index contributed by atoms with van der Waals surface area (Å²) in [6.07, 6.45) is 4.79. The Hall–Kier alpha value is -2.11. The first-order valence-electron chi connectivity index (χ1n) is 8.62. The van der Waals surface area contributed by atoms with Crippen molar-refractivity contribution in [3.05, 3.63) is 63.5 Å². The molecule has 1 amide bonds. The molecule has 3 aromatic rings. The van der Waals surface area contributed by atoms with Gasteiger partial charge >= 0.3 is 0 Å². The van der Waals surface area contributed by atoms with Crippen LogP contribution < -0.4 is 0 Å². The molecule has 0 bridgehead atoms. The number of benzene rings is 1. The smallest absolute Gasteiger partial charge is 0.254 e. The Bertz CT molecular complexity index is 985. The van der Waals surface area contributed by atoms with Crippen molar-refractivity contribution >= 4 is 34.8 Å². The van der Waals surface area contributed by atoms with Crippen LogP contribution in [-0.2, 0) is 0 Å². The highest BCUT2D eigenvalue weighted by molar-refractivity contribution is 6.31. The van der Waals surface area contributed by atoms with Crippen molar-refractivity contribution in [2.24, 2.45) is 0 Å². The van der Waals surface area contributed by atoms with Crippen LogP contribution in [0, 0.1) is 6.92 Å². The molecule has 4 rings (SSSR count). The summed E-state index contributed by atoms with van der Waals surface area (Å²) in [5.41, 5.74) is 3.13. The minimum absolute atomic E-state index is 0.00209. The maximum Gasteiger partial charge on any atom is 0.254 e. The van der Waals surface area contributed by atoms with Crippen LogP contribution in [0.1, 0.15) is 46.9 Å². The van der Waals surface area contributed by atoms with Crippen LogP contribution in [-0.4, -0.2) is 31.9 Å². The summed E-state index contributed by atoms with van der Waals surface area (Å²) in [5.74, 6) is -0.00209. The SMILES string of the molecule is Cc1ccc(Cl)cc1C(=O)N1CCCCC1c1cn2nc(Cl)ccc2n1. The molecule has 3 heterocycles. The number of hydrogen-bond acceptors (Lipinski definition) is 3. The molecule has 0 N–H and O–H groups in total. The van der Waals surface area contributed by atoms with Gasteiger partial charge in [0.15, 0.2) is 5.65 Å². The zero-order chi connectivity index (χ0) is 18.3. The van der Waals surface area contributed by atoms with Gasteiger partial charge in [-0.1, -0.05) is 29.3 Å². The number of imidazole rings is 1. The van der Waals surface area contributed by atoms with E-state index in [-0.39, 0.29) is 11.9 Å². The van der Waals surface area contributed by atoms with Crippen molar-refractivity contribution in [1.29, 1.82) is 0 Å². The molecule has 5 nitrogen and oxygen atoms in total. The van der Waals surface area contributed by atoms with Crippen molar-refractivity contribution in [3.8, 4) is 0 Å². The van der Waals surface area contributed by atoms with Gasteiger partial charge in [0, 0.05) is 17.1 Å². The summed E-state index contributed by atoms with van der Waals surface area (Å²) in [6.45, 7) is 2.64. The lowest BCUT2D eigenvalue weighted by Crippen LogP contribution is -2.39. The van der Waals surface area contributed by atoms with Crippen molar-refractivity contribution in [2.75, 3.05) is 6.54 Å². The lowest BCUT2D eigenvalue weighted by molar-refractivity contribution is 0.0606. The molecule has 1 aliphatic heterocycles. The molecule has 134 valence electrons. The molecule has 1 fully saturated rings. The summed E-state index contributed by atoms with van der Waals surface area (Å²) in [7, 11) is 0. The number of amides is 1. The van der Waals surface area contributed by atoms with Crippen LogP contribution in [0.5, 0.6) is 0 Å². The predicted molar refractivity (Wildman–Crippen MR) is 102 cm³/mol. The van der Waals surface area contributed by atoms with Gasteiger partial charge < -0.3 is 4.90 Å². The van der Waals surface area contributed by atoms with Gasteiger partial charge in [-0.05, 0) is 56.0 Å². The van der Waals surface area contributed by atoms with Gasteiger partial charge in [0.2, 0.25) is 0 Å². The lowest BCUT2D eigenvalue weighted by atomic mass is 9.97. The van der Waals surface area contributed by atoms with Crippen molar-refractivity contribution in [3.63, 3.8) is 0 Å². The monoisotopic (exact) mass is 388 g/mol. The van der Waals surface area contributed by atoms with E-state index in [1.165, 1.54) is 0 Å². The molecule has 1 aromatic carbocycles. The fourth-order valence-corrected chi connectivity index (χ4v) is 3.82. The van der Waals surface area contributed by atoms with E-state index >= 15 is 0 Å². The average molecular weight is 389 g/mol. The van der Waals surface area contributed by atoms with Crippen LogP contribution in [0.4, 0.5) is 0 Å². The highest BCUT2D eigenvalue weighted by atomic mass is 35.5. The lowest BCUT2D eigenvalue weighted by Gasteiger charge is -2.35. The average Bonchev–Trinajstić information content (AvgIpc) is 3.06. The molecule has 1 atom stereocenters. The second kappa shape index (κ2) is 6.89. The number of aromatic nitrogens is 3. The van der Waals surface area contributed by atoms with E-state index in [2.05, 4.69) is 10.1 Å². The zero-order valence-electron chi connectivity index (χ0n) is 14.3. The number of rotatable bonds is 2. The van der Waals surface area contributed by atoms with E-state index in [0.717, 1.165) is 36.2 Å². The maximum atomic E-state index is 13.2. The summed E-state index contributed by atoms with van der Waals surface area (Å²) in [5, 5.41) is 5.22. The number of hydrogen-bond donors (Lipinski definition) is 0. The number of halogens is 2. The number of likely N-dealkylation sites (tertiary alicyclic amines) is 1.